The number of aromatic nitrogens is 3. The standard InChI is InChI=1S/C23H32N4O4.C16H25N3.C11H22N2O2.C6H14O.C2H6.H3O2P/c1-18-13-19(2)27(25-18)22-15-20(7-8-23(30)31)14-21(16-22)26(11-9-24-17-29)10-5-3-4-6-12-28;1-2-19-11-9-13(12-19)5-7-15-8-6-14-4-3-10-17-16(14)18-15;1-12-7-4-2-3-5-11(15)13-8-6-10(14)9-13;1-3-4-5-6-7-2;1-2;1-3-2/h12-17H,3-11H2,1-2H3,(H,24,29)(H,30,31);6,8,13H,2-5,7,9-12H2,1H3,(H,17,18);10,12,14H,2-9H2,1H3;3-6H2,1-2H3;1-2H3;1-3H. The largest absolute Gasteiger partial charge is 0.481 e. The molecule has 0 spiro atoms. The van der Waals surface area contributed by atoms with Crippen LogP contribution in [0.2, 0.25) is 0 Å². The molecule has 1 aromatic carbocycles. The van der Waals surface area contributed by atoms with Crippen LogP contribution < -0.4 is 20.9 Å². The maximum absolute atomic E-state index is 11.6. The summed E-state index contributed by atoms with van der Waals surface area (Å²) in [5.41, 5.74) is 7.36. The van der Waals surface area contributed by atoms with E-state index < -0.39 is 15.0 Å². The zero-order valence-corrected chi connectivity index (χ0v) is 49.5. The molecule has 3 aliphatic heterocycles. The molecule has 0 bridgehead atoms. The van der Waals surface area contributed by atoms with Gasteiger partial charge in [0.15, 0.2) is 0 Å². The van der Waals surface area contributed by atoms with Crippen LogP contribution in [0.4, 0.5) is 11.5 Å². The Labute approximate surface area is 464 Å². The maximum atomic E-state index is 11.6. The third-order valence-electron chi connectivity index (χ3n) is 13.4. The summed E-state index contributed by atoms with van der Waals surface area (Å²) < 4.78 is 6.71. The molecule has 0 aliphatic carbocycles. The molecular formula is C58H102N9O9P. The summed E-state index contributed by atoms with van der Waals surface area (Å²) in [6.45, 7) is 22.4. The predicted molar refractivity (Wildman–Crippen MR) is 314 cm³/mol. The number of β-amino-alcohol motifs (C(OH)–C–C–N with tert-alkyl or cyclic N) is 1. The molecule has 77 heavy (non-hydrogen) atoms. The highest BCUT2D eigenvalue weighted by molar-refractivity contribution is 7.23. The van der Waals surface area contributed by atoms with Gasteiger partial charge in [-0.15, -0.1) is 0 Å². The normalized spacial score (nSPS) is 15.2. The number of carboxylic acids is 1. The number of carboxylic acid groups (broad SMARTS) is 1. The third kappa shape index (κ3) is 31.6. The predicted octanol–water partition coefficient (Wildman–Crippen LogP) is 8.22. The van der Waals surface area contributed by atoms with Crippen molar-refractivity contribution < 1.29 is 43.9 Å². The lowest BCUT2D eigenvalue weighted by atomic mass is 10.00. The molecule has 3 aliphatic rings. The van der Waals surface area contributed by atoms with E-state index in [0.29, 0.717) is 45.3 Å². The number of fused-ring (bicyclic) bond motifs is 1. The van der Waals surface area contributed by atoms with Crippen LogP contribution in [-0.2, 0) is 43.2 Å². The number of ether oxygens (including phenoxy) is 1. The number of rotatable bonds is 29. The highest BCUT2D eigenvalue weighted by Crippen LogP contribution is 2.26. The van der Waals surface area contributed by atoms with Crippen molar-refractivity contribution in [3.8, 4) is 5.69 Å². The molecule has 0 saturated carbocycles. The fourth-order valence-electron chi connectivity index (χ4n) is 9.26. The number of nitrogens with zero attached hydrogens (tertiary/aromatic N) is 6. The molecule has 19 heteroatoms. The number of anilines is 2. The van der Waals surface area contributed by atoms with E-state index >= 15 is 0 Å². The molecule has 2 atom stereocenters. The van der Waals surface area contributed by atoms with Crippen LogP contribution in [0.1, 0.15) is 159 Å². The van der Waals surface area contributed by atoms with Crippen LogP contribution in [0.25, 0.3) is 5.69 Å². The molecule has 2 fully saturated rings. The second-order valence-corrected chi connectivity index (χ2v) is 19.8. The van der Waals surface area contributed by atoms with Gasteiger partial charge in [0.2, 0.25) is 12.3 Å². The van der Waals surface area contributed by atoms with Crippen molar-refractivity contribution in [3.05, 3.63) is 64.6 Å². The Morgan fingerprint density at radius 2 is 1.68 bits per heavy atom. The van der Waals surface area contributed by atoms with Crippen LogP contribution in [0.15, 0.2) is 36.4 Å². The number of likely N-dealkylation sites (tertiary alicyclic amines) is 2. The van der Waals surface area contributed by atoms with Gasteiger partial charge in [0.1, 0.15) is 21.1 Å². The summed E-state index contributed by atoms with van der Waals surface area (Å²) in [5, 5.41) is 32.2. The van der Waals surface area contributed by atoms with E-state index in [-0.39, 0.29) is 18.4 Å². The molecule has 6 rings (SSSR count). The molecule has 7 N–H and O–H groups in total. The first-order chi connectivity index (χ1) is 37.4. The lowest BCUT2D eigenvalue weighted by molar-refractivity contribution is -0.137. The number of benzene rings is 1. The van der Waals surface area contributed by atoms with Gasteiger partial charge in [0.05, 0.1) is 17.5 Å². The first-order valence-corrected chi connectivity index (χ1v) is 29.6. The molecule has 0 radical (unpaired) electrons. The van der Waals surface area contributed by atoms with Crippen LogP contribution in [0.3, 0.4) is 0 Å². The van der Waals surface area contributed by atoms with Gasteiger partial charge in [0, 0.05) is 95.9 Å². The van der Waals surface area contributed by atoms with E-state index in [1.807, 2.05) is 57.6 Å². The van der Waals surface area contributed by atoms with Crippen LogP contribution >= 0.6 is 9.03 Å². The fraction of sp³-hybridized carbons (Fsp3) is 0.690. The second-order valence-electron chi connectivity index (χ2n) is 19.6. The van der Waals surface area contributed by atoms with Gasteiger partial charge in [-0.2, -0.15) is 5.10 Å². The maximum Gasteiger partial charge on any atom is 0.303 e. The van der Waals surface area contributed by atoms with E-state index in [4.69, 9.17) is 24.6 Å². The minimum atomic E-state index is -0.917. The number of aliphatic hydroxyl groups excluding tert-OH is 1. The number of hydrogen-bond donors (Lipinski definition) is 7. The lowest BCUT2D eigenvalue weighted by Crippen LogP contribution is -2.32. The summed E-state index contributed by atoms with van der Waals surface area (Å²) >= 11 is 0. The molecule has 2 unspecified atom stereocenters. The van der Waals surface area contributed by atoms with Crippen LogP contribution in [0, 0.1) is 19.8 Å². The summed E-state index contributed by atoms with van der Waals surface area (Å²) in [6.07, 6.45) is 19.7. The Morgan fingerprint density at radius 3 is 2.30 bits per heavy atom. The van der Waals surface area contributed by atoms with E-state index in [0.717, 1.165) is 131 Å². The molecule has 3 aromatic rings. The van der Waals surface area contributed by atoms with Crippen molar-refractivity contribution in [1.29, 1.82) is 0 Å². The van der Waals surface area contributed by atoms with Crippen molar-refractivity contribution in [2.45, 2.75) is 170 Å². The van der Waals surface area contributed by atoms with Gasteiger partial charge < -0.3 is 60.2 Å². The number of nitrogens with one attached hydrogen (secondary N) is 3. The monoisotopic (exact) mass is 1100 g/mol. The van der Waals surface area contributed by atoms with E-state index in [9.17, 15) is 24.3 Å². The van der Waals surface area contributed by atoms with E-state index in [1.54, 1.807) is 12.0 Å². The highest BCUT2D eigenvalue weighted by Gasteiger charge is 2.24. The number of aliphatic hydroxyl groups is 1. The second kappa shape index (κ2) is 45.3. The quantitative estimate of drug-likeness (QED) is 0.0197. The Bertz CT molecular complexity index is 2010. The number of unbranched alkanes of at least 4 members (excludes halogenated alkanes) is 7. The summed E-state index contributed by atoms with van der Waals surface area (Å²) in [4.78, 5) is 69.6. The molecule has 2 aromatic heterocycles. The zero-order chi connectivity index (χ0) is 57.1. The number of carbonyl (C=O) groups is 4. The summed E-state index contributed by atoms with van der Waals surface area (Å²) in [6, 6.07) is 12.6. The minimum absolute atomic E-state index is 0.0540. The number of aldehydes is 1. The van der Waals surface area contributed by atoms with Gasteiger partial charge in [0.25, 0.3) is 0 Å². The van der Waals surface area contributed by atoms with Gasteiger partial charge in [-0.3, -0.25) is 14.4 Å². The third-order valence-corrected chi connectivity index (χ3v) is 13.4. The minimum Gasteiger partial charge on any atom is -0.481 e. The Morgan fingerprint density at radius 1 is 0.909 bits per heavy atom. The van der Waals surface area contributed by atoms with E-state index in [2.05, 4.69) is 62.9 Å². The molecule has 2 saturated heterocycles. The number of methoxy groups -OCH3 is 1. The first kappa shape index (κ1) is 70.5. The number of carbonyl (C=O) groups excluding carboxylic acids is 3. The summed E-state index contributed by atoms with van der Waals surface area (Å²) in [7, 11) is 2.77. The SMILES string of the molecule is CC.CCCCCOC.CCN1CCC(CCc2ccc3c(n2)NCCC3)C1.CNCCCCCC(=O)N1CCC(O)C1.Cc1cc(C)n(-c2cc(CCC(=O)O)cc(N(CCCCCC=O)CCNC=O)c2)n1.OPO. The van der Waals surface area contributed by atoms with Crippen LogP contribution in [-0.4, -0.2) is 161 Å². The number of aryl methyl sites for hydroxylation is 5. The highest BCUT2D eigenvalue weighted by atomic mass is 31.1. The van der Waals surface area contributed by atoms with E-state index in [1.165, 1.54) is 75.8 Å². The number of pyridine rings is 1. The van der Waals surface area contributed by atoms with Crippen molar-refractivity contribution in [2.75, 3.05) is 96.4 Å². The number of amides is 2. The zero-order valence-electron chi connectivity index (χ0n) is 48.5. The topological polar surface area (TPSA) is 235 Å². The van der Waals surface area contributed by atoms with Crippen molar-refractivity contribution in [3.63, 3.8) is 0 Å². The molecular weight excluding hydrogens is 998 g/mol. The summed E-state index contributed by atoms with van der Waals surface area (Å²) in [5.74, 6) is 1.40. The lowest BCUT2D eigenvalue weighted by Gasteiger charge is -2.26. The first-order valence-electron chi connectivity index (χ1n) is 28.7. The van der Waals surface area contributed by atoms with Crippen molar-refractivity contribution in [1.82, 2.24) is 35.2 Å². The number of aliphatic carboxylic acids is 1. The van der Waals surface area contributed by atoms with Crippen molar-refractivity contribution in [2.24, 2.45) is 5.92 Å². The molecule has 2 amide bonds. The van der Waals surface area contributed by atoms with Gasteiger partial charge >= 0.3 is 5.97 Å². The van der Waals surface area contributed by atoms with Gasteiger partial charge in [-0.1, -0.05) is 59.4 Å². The van der Waals surface area contributed by atoms with Gasteiger partial charge in [-0.25, -0.2) is 9.67 Å². The van der Waals surface area contributed by atoms with Crippen molar-refractivity contribution >= 4 is 45.1 Å². The average Bonchev–Trinajstić information content (AvgIpc) is 4.19. The Balaban J connectivity index is 0.000000549. The smallest absolute Gasteiger partial charge is 0.303 e. The molecule has 438 valence electrons. The Kier molecular flexibility index (Phi) is 41.5. The molecule has 18 nitrogen and oxygen atoms in total. The van der Waals surface area contributed by atoms with Gasteiger partial charge in [-0.05, 0) is 165 Å². The average molecular weight is 1100 g/mol. The van der Waals surface area contributed by atoms with Crippen LogP contribution in [0.5, 0.6) is 0 Å². The Hall–Kier alpha value is -4.55. The fourth-order valence-corrected chi connectivity index (χ4v) is 9.26. The number of hydrogen-bond acceptors (Lipinski definition) is 14. The molecule has 5 heterocycles.